The maximum atomic E-state index is 5.65. The molecule has 4 nitrogen and oxygen atoms in total. The fourth-order valence-electron chi connectivity index (χ4n) is 6.49. The molecule has 4 saturated carbocycles. The van der Waals surface area contributed by atoms with Gasteiger partial charge in [-0.3, -0.25) is 0 Å². The zero-order chi connectivity index (χ0) is 18.3. The minimum absolute atomic E-state index is 0.512. The third kappa shape index (κ3) is 2.96. The zero-order valence-electron chi connectivity index (χ0n) is 16.6. The Balaban J connectivity index is 1.49. The minimum atomic E-state index is 0.512. The Kier molecular flexibility index (Phi) is 4.81. The summed E-state index contributed by atoms with van der Waals surface area (Å²) in [6.45, 7) is 3.20. The van der Waals surface area contributed by atoms with Gasteiger partial charge < -0.3 is 19.5 Å². The lowest BCUT2D eigenvalue weighted by Gasteiger charge is -2.59. The number of methoxy groups -OCH3 is 3. The fraction of sp³-hybridized carbons (Fsp3) is 0.727. The van der Waals surface area contributed by atoms with Crippen molar-refractivity contribution in [3.63, 3.8) is 0 Å². The Hall–Kier alpha value is -1.42. The predicted molar refractivity (Wildman–Crippen MR) is 103 cm³/mol. The Morgan fingerprint density at radius 3 is 2.00 bits per heavy atom. The average Bonchev–Trinajstić information content (AvgIpc) is 2.63. The van der Waals surface area contributed by atoms with Crippen molar-refractivity contribution in [3.8, 4) is 17.2 Å². The second kappa shape index (κ2) is 6.95. The molecule has 1 N–H and O–H groups in total. The summed E-state index contributed by atoms with van der Waals surface area (Å²) >= 11 is 0. The molecule has 4 aliphatic rings. The molecule has 0 spiro atoms. The highest BCUT2D eigenvalue weighted by molar-refractivity contribution is 5.55. The van der Waals surface area contributed by atoms with E-state index in [2.05, 4.69) is 18.3 Å². The number of benzene rings is 1. The lowest BCUT2D eigenvalue weighted by atomic mass is 9.48. The van der Waals surface area contributed by atoms with Crippen molar-refractivity contribution in [1.29, 1.82) is 0 Å². The van der Waals surface area contributed by atoms with Crippen LogP contribution >= 0.6 is 0 Å². The van der Waals surface area contributed by atoms with Gasteiger partial charge in [0.1, 0.15) is 0 Å². The average molecular weight is 360 g/mol. The highest BCUT2D eigenvalue weighted by Gasteiger charge is 2.52. The number of nitrogens with one attached hydrogen (secondary N) is 1. The quantitative estimate of drug-likeness (QED) is 0.783. The number of ether oxygens (including phenoxy) is 3. The van der Waals surface area contributed by atoms with Crippen LogP contribution < -0.4 is 19.5 Å². The first kappa shape index (κ1) is 18.0. The number of hydrogen-bond acceptors (Lipinski definition) is 4. The molecule has 1 atom stereocenters. The summed E-state index contributed by atoms with van der Waals surface area (Å²) in [4.78, 5) is 0. The Bertz CT molecular complexity index is 622. The van der Waals surface area contributed by atoms with E-state index >= 15 is 0 Å². The maximum Gasteiger partial charge on any atom is 0.203 e. The van der Waals surface area contributed by atoms with E-state index in [1.807, 2.05) is 6.07 Å². The standard InChI is InChI=1S/C22H33NO3/c1-14(22-10-15-7-16(11-22)9-17(8-15)12-22)23-13-18-5-6-19(24-2)21(26-4)20(18)25-3/h5-6,14-17,23H,7-13H2,1-4H3/t14-,15?,16?,17?,22?/m0/s1. The molecule has 1 aromatic rings. The molecule has 4 heteroatoms. The molecule has 144 valence electrons. The number of rotatable bonds is 7. The third-order valence-corrected chi connectivity index (χ3v) is 7.39. The fourth-order valence-corrected chi connectivity index (χ4v) is 6.49. The van der Waals surface area contributed by atoms with Crippen molar-refractivity contribution in [2.24, 2.45) is 23.2 Å². The second-order valence-corrected chi connectivity index (χ2v) is 8.88. The van der Waals surface area contributed by atoms with Crippen LogP contribution in [0.1, 0.15) is 51.0 Å². The SMILES string of the molecule is COc1ccc(CN[C@@H](C)C23CC4CC(CC(C4)C2)C3)c(OC)c1OC. The van der Waals surface area contributed by atoms with Gasteiger partial charge in [0.15, 0.2) is 11.5 Å². The van der Waals surface area contributed by atoms with E-state index in [-0.39, 0.29) is 0 Å². The van der Waals surface area contributed by atoms with Crippen LogP contribution in [0.2, 0.25) is 0 Å². The van der Waals surface area contributed by atoms with Gasteiger partial charge in [0, 0.05) is 18.2 Å². The second-order valence-electron chi connectivity index (χ2n) is 8.88. The van der Waals surface area contributed by atoms with Gasteiger partial charge in [-0.15, -0.1) is 0 Å². The van der Waals surface area contributed by atoms with Crippen molar-refractivity contribution < 1.29 is 14.2 Å². The molecule has 4 bridgehead atoms. The van der Waals surface area contributed by atoms with Crippen molar-refractivity contribution in [2.45, 2.75) is 58.0 Å². The van der Waals surface area contributed by atoms with Gasteiger partial charge in [-0.25, -0.2) is 0 Å². The maximum absolute atomic E-state index is 5.65. The first-order valence-electron chi connectivity index (χ1n) is 10.1. The topological polar surface area (TPSA) is 39.7 Å². The largest absolute Gasteiger partial charge is 0.493 e. The number of hydrogen-bond donors (Lipinski definition) is 1. The van der Waals surface area contributed by atoms with Gasteiger partial charge in [0.2, 0.25) is 5.75 Å². The molecule has 5 rings (SSSR count). The molecule has 4 fully saturated rings. The third-order valence-electron chi connectivity index (χ3n) is 7.39. The first-order chi connectivity index (χ1) is 12.6. The van der Waals surface area contributed by atoms with Crippen molar-refractivity contribution >= 4 is 0 Å². The summed E-state index contributed by atoms with van der Waals surface area (Å²) in [6, 6.07) is 4.58. The lowest BCUT2D eigenvalue weighted by molar-refractivity contribution is -0.0706. The van der Waals surface area contributed by atoms with Crippen molar-refractivity contribution in [3.05, 3.63) is 17.7 Å². The molecule has 0 heterocycles. The van der Waals surface area contributed by atoms with Crippen LogP contribution in [0.4, 0.5) is 0 Å². The molecule has 0 amide bonds. The van der Waals surface area contributed by atoms with Crippen LogP contribution in [-0.2, 0) is 6.54 Å². The van der Waals surface area contributed by atoms with Gasteiger partial charge >= 0.3 is 0 Å². The Morgan fingerprint density at radius 1 is 0.923 bits per heavy atom. The van der Waals surface area contributed by atoms with Crippen LogP contribution in [0, 0.1) is 23.2 Å². The van der Waals surface area contributed by atoms with Crippen LogP contribution in [0.15, 0.2) is 12.1 Å². The van der Waals surface area contributed by atoms with E-state index < -0.39 is 0 Å². The molecular formula is C22H33NO3. The van der Waals surface area contributed by atoms with Crippen LogP contribution in [0.5, 0.6) is 17.2 Å². The molecule has 0 unspecified atom stereocenters. The minimum Gasteiger partial charge on any atom is -0.493 e. The van der Waals surface area contributed by atoms with Crippen LogP contribution in [-0.4, -0.2) is 27.4 Å². The van der Waals surface area contributed by atoms with E-state index in [0.29, 0.717) is 23.0 Å². The summed E-state index contributed by atoms with van der Waals surface area (Å²) in [5, 5.41) is 3.84. The molecule has 26 heavy (non-hydrogen) atoms. The Morgan fingerprint density at radius 2 is 1.50 bits per heavy atom. The normalized spacial score (nSPS) is 33.2. The van der Waals surface area contributed by atoms with Crippen molar-refractivity contribution in [1.82, 2.24) is 5.32 Å². The van der Waals surface area contributed by atoms with E-state index in [1.54, 1.807) is 21.3 Å². The van der Waals surface area contributed by atoms with E-state index in [0.717, 1.165) is 35.6 Å². The van der Waals surface area contributed by atoms with Gasteiger partial charge in [0.05, 0.1) is 21.3 Å². The van der Waals surface area contributed by atoms with E-state index in [1.165, 1.54) is 38.5 Å². The van der Waals surface area contributed by atoms with Crippen molar-refractivity contribution in [2.75, 3.05) is 21.3 Å². The monoisotopic (exact) mass is 359 g/mol. The highest BCUT2D eigenvalue weighted by atomic mass is 16.5. The molecule has 0 aromatic heterocycles. The molecule has 0 radical (unpaired) electrons. The molecule has 0 aliphatic heterocycles. The zero-order valence-corrected chi connectivity index (χ0v) is 16.6. The Labute approximate surface area is 157 Å². The summed E-state index contributed by atoms with van der Waals surface area (Å²) in [6.07, 6.45) is 8.77. The van der Waals surface area contributed by atoms with E-state index in [9.17, 15) is 0 Å². The highest BCUT2D eigenvalue weighted by Crippen LogP contribution is 2.61. The summed E-state index contributed by atoms with van der Waals surface area (Å²) in [7, 11) is 5.02. The molecule has 4 aliphatic carbocycles. The van der Waals surface area contributed by atoms with Gasteiger partial charge in [-0.2, -0.15) is 0 Å². The smallest absolute Gasteiger partial charge is 0.203 e. The van der Waals surface area contributed by atoms with Gasteiger partial charge in [0.25, 0.3) is 0 Å². The molecule has 1 aromatic carbocycles. The van der Waals surface area contributed by atoms with Gasteiger partial charge in [-0.1, -0.05) is 6.07 Å². The summed E-state index contributed by atoms with van der Waals surface area (Å²) in [5.41, 5.74) is 1.64. The summed E-state index contributed by atoms with van der Waals surface area (Å²) < 4.78 is 16.6. The van der Waals surface area contributed by atoms with Gasteiger partial charge in [-0.05, 0) is 74.7 Å². The molecular weight excluding hydrogens is 326 g/mol. The molecule has 0 saturated heterocycles. The lowest BCUT2D eigenvalue weighted by Crippen LogP contribution is -2.54. The summed E-state index contributed by atoms with van der Waals surface area (Å²) in [5.74, 6) is 5.12. The van der Waals surface area contributed by atoms with E-state index in [4.69, 9.17) is 14.2 Å². The van der Waals surface area contributed by atoms with Crippen LogP contribution in [0.25, 0.3) is 0 Å². The predicted octanol–water partition coefficient (Wildman–Crippen LogP) is 4.41. The first-order valence-corrected chi connectivity index (χ1v) is 10.1. The van der Waals surface area contributed by atoms with Crippen LogP contribution in [0.3, 0.4) is 0 Å².